The summed E-state index contributed by atoms with van der Waals surface area (Å²) in [5, 5.41) is 8.45. The van der Waals surface area contributed by atoms with Crippen LogP contribution in [0.5, 0.6) is 0 Å². The Bertz CT molecular complexity index is 583. The van der Waals surface area contributed by atoms with Crippen molar-refractivity contribution in [1.29, 1.82) is 5.26 Å². The van der Waals surface area contributed by atoms with Crippen molar-refractivity contribution in [2.75, 3.05) is 0 Å². The van der Waals surface area contributed by atoms with E-state index in [9.17, 15) is 12.8 Å². The van der Waals surface area contributed by atoms with Crippen molar-refractivity contribution >= 4 is 10.0 Å². The predicted octanol–water partition coefficient (Wildman–Crippen LogP) is 1.70. The van der Waals surface area contributed by atoms with Crippen molar-refractivity contribution in [3.63, 3.8) is 0 Å². The van der Waals surface area contributed by atoms with E-state index in [0.717, 1.165) is 18.2 Å². The minimum absolute atomic E-state index is 0.418. The Morgan fingerprint density at radius 1 is 1.53 bits per heavy atom. The summed E-state index contributed by atoms with van der Waals surface area (Å²) in [6.07, 6.45) is 0. The minimum atomic E-state index is -4.17. The summed E-state index contributed by atoms with van der Waals surface area (Å²) < 4.78 is 37.7. The zero-order valence-corrected chi connectivity index (χ0v) is 7.94. The minimum Gasteiger partial charge on any atom is -0.216 e. The molecule has 0 amide bonds. The molecule has 0 spiro atoms. The van der Waals surface area contributed by atoms with Crippen LogP contribution in [0.4, 0.5) is 4.39 Å². The number of hydrogen-bond donors (Lipinski definition) is 0. The van der Waals surface area contributed by atoms with Gasteiger partial charge in [0, 0.05) is 9.43 Å². The fourth-order valence-electron chi connectivity index (χ4n) is 0.846. The molecule has 0 unspecified atom stereocenters. The average Bonchev–Trinajstić information content (AvgIpc) is 2.18. The van der Waals surface area contributed by atoms with E-state index >= 15 is 0 Å². The highest BCUT2D eigenvalue weighted by Gasteiger charge is 2.14. The van der Waals surface area contributed by atoms with E-state index in [1.165, 1.54) is 6.07 Å². The Morgan fingerprint density at radius 2 is 2.20 bits per heavy atom. The Morgan fingerprint density at radius 3 is 2.73 bits per heavy atom. The highest BCUT2D eigenvalue weighted by Crippen LogP contribution is 2.16. The second-order valence-corrected chi connectivity index (χ2v) is 3.98. The van der Waals surface area contributed by atoms with Crippen LogP contribution in [0, 0.1) is 17.1 Å². The normalized spacial score (nSPS) is 10.1. The molecule has 0 heterocycles. The molecule has 0 aromatic heterocycles. The van der Waals surface area contributed by atoms with Crippen molar-refractivity contribution in [3.05, 3.63) is 40.0 Å². The average molecular weight is 226 g/mol. The van der Waals surface area contributed by atoms with Crippen molar-refractivity contribution in [2.45, 2.75) is 4.90 Å². The fraction of sp³-hybridized carbons (Fsp3) is 0. The van der Waals surface area contributed by atoms with Crippen LogP contribution >= 0.6 is 0 Å². The summed E-state index contributed by atoms with van der Waals surface area (Å²) in [5.41, 5.74) is 7.56. The summed E-state index contributed by atoms with van der Waals surface area (Å²) in [7, 11) is -4.17. The molecule has 0 aliphatic rings. The number of azide groups is 1. The quantitative estimate of drug-likeness (QED) is 0.435. The molecule has 0 radical (unpaired) electrons. The monoisotopic (exact) mass is 226 g/mol. The molecule has 8 heteroatoms. The first kappa shape index (κ1) is 11.0. The first-order valence-corrected chi connectivity index (χ1v) is 4.96. The number of benzene rings is 1. The summed E-state index contributed by atoms with van der Waals surface area (Å²) in [5.74, 6) is -0.836. The van der Waals surface area contributed by atoms with Gasteiger partial charge in [0.2, 0.25) is 0 Å². The molecule has 0 aliphatic heterocycles. The molecule has 0 saturated carbocycles. The van der Waals surface area contributed by atoms with Gasteiger partial charge in [0.05, 0.1) is 10.5 Å². The standard InChI is InChI=1S/C7H3FN4O2S/c8-7-2-1-6(3-5(7)4-9)15(13,14)12-11-10/h1-3H. The van der Waals surface area contributed by atoms with E-state index in [0.29, 0.717) is 0 Å². The molecule has 0 atom stereocenters. The maximum Gasteiger partial charge on any atom is 0.264 e. The zero-order valence-electron chi connectivity index (χ0n) is 7.12. The van der Waals surface area contributed by atoms with Gasteiger partial charge in [-0.2, -0.15) is 5.26 Å². The molecule has 0 fully saturated rings. The third-order valence-electron chi connectivity index (χ3n) is 1.50. The molecule has 0 bridgehead atoms. The molecule has 15 heavy (non-hydrogen) atoms. The lowest BCUT2D eigenvalue weighted by Crippen LogP contribution is -1.97. The molecule has 0 aliphatic carbocycles. The van der Waals surface area contributed by atoms with E-state index in [4.69, 9.17) is 10.8 Å². The molecule has 0 N–H and O–H groups in total. The molecular weight excluding hydrogens is 223 g/mol. The van der Waals surface area contributed by atoms with E-state index < -0.39 is 26.3 Å². The van der Waals surface area contributed by atoms with Gasteiger partial charge in [-0.3, -0.25) is 0 Å². The summed E-state index contributed by atoms with van der Waals surface area (Å²) in [6.45, 7) is 0. The Kier molecular flexibility index (Phi) is 2.90. The van der Waals surface area contributed by atoms with Crippen LogP contribution in [0.2, 0.25) is 0 Å². The highest BCUT2D eigenvalue weighted by atomic mass is 32.2. The molecule has 76 valence electrons. The van der Waals surface area contributed by atoms with Crippen LogP contribution in [-0.2, 0) is 10.0 Å². The van der Waals surface area contributed by atoms with Crippen LogP contribution < -0.4 is 0 Å². The van der Waals surface area contributed by atoms with Crippen molar-refractivity contribution in [3.8, 4) is 6.07 Å². The largest absolute Gasteiger partial charge is 0.264 e. The van der Waals surface area contributed by atoms with Gasteiger partial charge in [-0.05, 0) is 23.7 Å². The van der Waals surface area contributed by atoms with E-state index in [1.807, 2.05) is 0 Å². The lowest BCUT2D eigenvalue weighted by atomic mass is 10.2. The van der Waals surface area contributed by atoms with Gasteiger partial charge < -0.3 is 0 Å². The first-order chi connectivity index (χ1) is 7.01. The number of nitriles is 1. The molecule has 1 rings (SSSR count). The van der Waals surface area contributed by atoms with Gasteiger partial charge in [-0.25, -0.2) is 12.8 Å². The van der Waals surface area contributed by atoms with Gasteiger partial charge in [0.15, 0.2) is 0 Å². The zero-order chi connectivity index (χ0) is 11.5. The number of nitrogens with zero attached hydrogens (tertiary/aromatic N) is 4. The number of rotatable bonds is 2. The van der Waals surface area contributed by atoms with Crippen LogP contribution in [0.25, 0.3) is 10.4 Å². The Balaban J connectivity index is 3.43. The van der Waals surface area contributed by atoms with Gasteiger partial charge in [0.25, 0.3) is 10.0 Å². The fourth-order valence-corrected chi connectivity index (χ4v) is 1.54. The van der Waals surface area contributed by atoms with Gasteiger partial charge in [-0.1, -0.05) is 0 Å². The summed E-state index contributed by atoms with van der Waals surface area (Å²) >= 11 is 0. The Hall–Kier alpha value is -2.10. The number of hydrogen-bond acceptors (Lipinski definition) is 3. The number of halogens is 1. The third kappa shape index (κ3) is 2.22. The first-order valence-electron chi connectivity index (χ1n) is 3.52. The summed E-state index contributed by atoms with van der Waals surface area (Å²) in [6, 6.07) is 4.02. The lowest BCUT2D eigenvalue weighted by Gasteiger charge is -1.98. The van der Waals surface area contributed by atoms with Crippen LogP contribution in [0.1, 0.15) is 5.56 Å². The van der Waals surface area contributed by atoms with Crippen molar-refractivity contribution in [2.24, 2.45) is 4.52 Å². The van der Waals surface area contributed by atoms with Crippen LogP contribution in [0.15, 0.2) is 27.6 Å². The van der Waals surface area contributed by atoms with Crippen LogP contribution in [-0.4, -0.2) is 8.42 Å². The van der Waals surface area contributed by atoms with Crippen LogP contribution in [0.3, 0.4) is 0 Å². The van der Waals surface area contributed by atoms with E-state index in [1.54, 1.807) is 0 Å². The molecule has 1 aromatic rings. The molecule has 6 nitrogen and oxygen atoms in total. The van der Waals surface area contributed by atoms with Crippen molar-refractivity contribution < 1.29 is 12.8 Å². The lowest BCUT2D eigenvalue weighted by molar-refractivity contribution is 0.595. The second kappa shape index (κ2) is 3.96. The van der Waals surface area contributed by atoms with E-state index in [2.05, 4.69) is 9.43 Å². The maximum absolute atomic E-state index is 12.8. The predicted molar refractivity (Wildman–Crippen MR) is 47.4 cm³/mol. The highest BCUT2D eigenvalue weighted by molar-refractivity contribution is 7.90. The smallest absolute Gasteiger partial charge is 0.216 e. The second-order valence-electron chi connectivity index (χ2n) is 2.40. The maximum atomic E-state index is 12.8. The Labute approximate surface area is 84.2 Å². The molecule has 1 aromatic carbocycles. The SMILES string of the molecule is N#Cc1cc(S(=O)(=O)N=[N+]=[N-])ccc1F. The topological polar surface area (TPSA) is 107 Å². The summed E-state index contributed by atoms with van der Waals surface area (Å²) in [4.78, 5) is 1.70. The van der Waals surface area contributed by atoms with E-state index in [-0.39, 0.29) is 0 Å². The van der Waals surface area contributed by atoms with Crippen molar-refractivity contribution in [1.82, 2.24) is 0 Å². The van der Waals surface area contributed by atoms with Gasteiger partial charge in [0.1, 0.15) is 11.9 Å². The molecular formula is C7H3FN4O2S. The van der Waals surface area contributed by atoms with Gasteiger partial charge in [-0.15, -0.1) is 0 Å². The molecule has 0 saturated heterocycles. The third-order valence-corrected chi connectivity index (χ3v) is 2.64. The number of sulfonamides is 1. The van der Waals surface area contributed by atoms with Gasteiger partial charge >= 0.3 is 0 Å².